The SMILES string of the molecule is O=C(COC(=O)COc1ccc(F)cc1Cl)NCCc1ccccc1F. The van der Waals surface area contributed by atoms with Crippen molar-refractivity contribution in [3.8, 4) is 5.75 Å². The molecule has 1 amide bonds. The third-order valence-electron chi connectivity index (χ3n) is 3.28. The molecule has 138 valence electrons. The van der Waals surface area contributed by atoms with Gasteiger partial charge in [-0.25, -0.2) is 13.6 Å². The number of hydrogen-bond acceptors (Lipinski definition) is 4. The molecule has 0 atom stereocenters. The van der Waals surface area contributed by atoms with Gasteiger partial charge in [-0.2, -0.15) is 0 Å². The summed E-state index contributed by atoms with van der Waals surface area (Å²) >= 11 is 5.75. The van der Waals surface area contributed by atoms with Gasteiger partial charge in [-0.3, -0.25) is 4.79 Å². The zero-order chi connectivity index (χ0) is 18.9. The number of carbonyl (C=O) groups is 2. The van der Waals surface area contributed by atoms with Gasteiger partial charge in [-0.05, 0) is 36.2 Å². The molecule has 2 aromatic carbocycles. The fourth-order valence-corrected chi connectivity index (χ4v) is 2.23. The van der Waals surface area contributed by atoms with Crippen molar-refractivity contribution in [2.75, 3.05) is 19.8 Å². The maximum Gasteiger partial charge on any atom is 0.344 e. The van der Waals surface area contributed by atoms with E-state index in [1.807, 2.05) is 0 Å². The Hall–Kier alpha value is -2.67. The summed E-state index contributed by atoms with van der Waals surface area (Å²) in [5.41, 5.74) is 0.481. The number of hydrogen-bond donors (Lipinski definition) is 1. The Balaban J connectivity index is 1.65. The van der Waals surface area contributed by atoms with Crippen molar-refractivity contribution in [2.45, 2.75) is 6.42 Å². The molecule has 0 saturated carbocycles. The number of carbonyl (C=O) groups excluding carboxylic acids is 2. The van der Waals surface area contributed by atoms with Gasteiger partial charge >= 0.3 is 5.97 Å². The van der Waals surface area contributed by atoms with Crippen LogP contribution in [-0.4, -0.2) is 31.6 Å². The molecule has 26 heavy (non-hydrogen) atoms. The highest BCUT2D eigenvalue weighted by Gasteiger charge is 2.10. The van der Waals surface area contributed by atoms with Crippen LogP contribution in [0.5, 0.6) is 5.75 Å². The van der Waals surface area contributed by atoms with Gasteiger partial charge in [-0.15, -0.1) is 0 Å². The van der Waals surface area contributed by atoms with Crippen LogP contribution in [0.25, 0.3) is 0 Å². The molecular weight excluding hydrogens is 368 g/mol. The lowest BCUT2D eigenvalue weighted by Crippen LogP contribution is -2.31. The van der Waals surface area contributed by atoms with Crippen molar-refractivity contribution in [3.05, 3.63) is 64.7 Å². The summed E-state index contributed by atoms with van der Waals surface area (Å²) in [4.78, 5) is 23.1. The Morgan fingerprint density at radius 3 is 2.58 bits per heavy atom. The predicted octanol–water partition coefficient (Wildman–Crippen LogP) is 2.90. The smallest absolute Gasteiger partial charge is 0.344 e. The third-order valence-corrected chi connectivity index (χ3v) is 3.57. The minimum atomic E-state index is -0.783. The van der Waals surface area contributed by atoms with Crippen molar-refractivity contribution in [3.63, 3.8) is 0 Å². The first-order valence-electron chi connectivity index (χ1n) is 7.69. The van der Waals surface area contributed by atoms with E-state index in [1.54, 1.807) is 18.2 Å². The second-order valence-corrected chi connectivity index (χ2v) is 5.62. The maximum absolute atomic E-state index is 13.4. The summed E-state index contributed by atoms with van der Waals surface area (Å²) in [6.45, 7) is -0.760. The molecule has 0 spiro atoms. The Labute approximate surface area is 153 Å². The van der Waals surface area contributed by atoms with Gasteiger partial charge in [0.2, 0.25) is 0 Å². The van der Waals surface area contributed by atoms with Crippen LogP contribution in [-0.2, 0) is 20.7 Å². The molecule has 2 aromatic rings. The van der Waals surface area contributed by atoms with Gasteiger partial charge < -0.3 is 14.8 Å². The Morgan fingerprint density at radius 2 is 1.85 bits per heavy atom. The van der Waals surface area contributed by atoms with E-state index in [-0.39, 0.29) is 23.1 Å². The molecule has 0 fully saturated rings. The number of benzene rings is 2. The largest absolute Gasteiger partial charge is 0.480 e. The van der Waals surface area contributed by atoms with E-state index in [0.717, 1.165) is 12.1 Å². The van der Waals surface area contributed by atoms with Gasteiger partial charge in [0.15, 0.2) is 13.2 Å². The summed E-state index contributed by atoms with van der Waals surface area (Å²) in [7, 11) is 0. The first-order chi connectivity index (χ1) is 12.5. The Morgan fingerprint density at radius 1 is 1.08 bits per heavy atom. The molecule has 0 heterocycles. The van der Waals surface area contributed by atoms with E-state index in [4.69, 9.17) is 21.1 Å². The second-order valence-electron chi connectivity index (χ2n) is 5.22. The molecule has 0 aromatic heterocycles. The Bertz CT molecular complexity index is 786. The fraction of sp³-hybridized carbons (Fsp3) is 0.222. The van der Waals surface area contributed by atoms with E-state index in [0.29, 0.717) is 12.0 Å². The molecule has 0 unspecified atom stereocenters. The standard InChI is InChI=1S/C18H16ClF2NO4/c19-14-9-13(20)5-6-16(14)25-11-18(24)26-10-17(23)22-8-7-12-3-1-2-4-15(12)21/h1-6,9H,7-8,10-11H2,(H,22,23). The lowest BCUT2D eigenvalue weighted by molar-refractivity contribution is -0.150. The van der Waals surface area contributed by atoms with Crippen molar-refractivity contribution in [2.24, 2.45) is 0 Å². The molecule has 0 aliphatic heterocycles. The molecule has 2 rings (SSSR count). The fourth-order valence-electron chi connectivity index (χ4n) is 2.01. The highest BCUT2D eigenvalue weighted by Crippen LogP contribution is 2.24. The first-order valence-corrected chi connectivity index (χ1v) is 8.07. The Kier molecular flexibility index (Phi) is 7.35. The predicted molar refractivity (Wildman–Crippen MR) is 91.0 cm³/mol. The summed E-state index contributed by atoms with van der Waals surface area (Å²) < 4.78 is 36.1. The van der Waals surface area contributed by atoms with E-state index >= 15 is 0 Å². The van der Waals surface area contributed by atoms with Crippen molar-refractivity contribution in [1.82, 2.24) is 5.32 Å². The van der Waals surface area contributed by atoms with Gasteiger partial charge in [0.05, 0.1) is 5.02 Å². The highest BCUT2D eigenvalue weighted by atomic mass is 35.5. The van der Waals surface area contributed by atoms with Crippen LogP contribution in [0.3, 0.4) is 0 Å². The maximum atomic E-state index is 13.4. The van der Waals surface area contributed by atoms with Gasteiger partial charge in [0.1, 0.15) is 17.4 Å². The summed E-state index contributed by atoms with van der Waals surface area (Å²) in [6, 6.07) is 9.71. The molecule has 8 heteroatoms. The van der Waals surface area contributed by atoms with Crippen LogP contribution < -0.4 is 10.1 Å². The number of amides is 1. The van der Waals surface area contributed by atoms with Crippen LogP contribution in [0.15, 0.2) is 42.5 Å². The number of ether oxygens (including phenoxy) is 2. The highest BCUT2D eigenvalue weighted by molar-refractivity contribution is 6.32. The molecular formula is C18H16ClF2NO4. The number of rotatable bonds is 8. The lowest BCUT2D eigenvalue weighted by Gasteiger charge is -2.09. The molecule has 1 N–H and O–H groups in total. The lowest BCUT2D eigenvalue weighted by atomic mass is 10.1. The summed E-state index contributed by atoms with van der Waals surface area (Å²) in [6.07, 6.45) is 0.318. The topological polar surface area (TPSA) is 64.6 Å². The monoisotopic (exact) mass is 383 g/mol. The number of nitrogens with one attached hydrogen (secondary N) is 1. The van der Waals surface area contributed by atoms with Crippen LogP contribution in [0, 0.1) is 11.6 Å². The zero-order valence-corrected chi connectivity index (χ0v) is 14.4. The minimum absolute atomic E-state index is 0.0173. The van der Waals surface area contributed by atoms with Crippen LogP contribution in [0.1, 0.15) is 5.56 Å². The van der Waals surface area contributed by atoms with E-state index in [9.17, 15) is 18.4 Å². The molecule has 0 aliphatic rings. The van der Waals surface area contributed by atoms with Crippen molar-refractivity contribution >= 4 is 23.5 Å². The van der Waals surface area contributed by atoms with E-state index < -0.39 is 30.9 Å². The van der Waals surface area contributed by atoms with Crippen molar-refractivity contribution in [1.29, 1.82) is 0 Å². The summed E-state index contributed by atoms with van der Waals surface area (Å²) in [5, 5.41) is 2.53. The third kappa shape index (κ3) is 6.33. The summed E-state index contributed by atoms with van der Waals surface area (Å²) in [5.74, 6) is -2.05. The minimum Gasteiger partial charge on any atom is -0.480 e. The molecule has 0 aliphatic carbocycles. The van der Waals surface area contributed by atoms with E-state index in [2.05, 4.69) is 5.32 Å². The normalized spacial score (nSPS) is 10.3. The average molecular weight is 384 g/mol. The molecule has 0 saturated heterocycles. The van der Waals surface area contributed by atoms with Gasteiger partial charge in [0.25, 0.3) is 5.91 Å². The van der Waals surface area contributed by atoms with E-state index in [1.165, 1.54) is 12.1 Å². The average Bonchev–Trinajstić information content (AvgIpc) is 2.61. The second kappa shape index (κ2) is 9.72. The molecule has 0 bridgehead atoms. The first kappa shape index (κ1) is 19.7. The van der Waals surface area contributed by atoms with Crippen molar-refractivity contribution < 1.29 is 27.8 Å². The van der Waals surface area contributed by atoms with Gasteiger partial charge in [-0.1, -0.05) is 29.8 Å². The van der Waals surface area contributed by atoms with Crippen LogP contribution in [0.4, 0.5) is 8.78 Å². The molecule has 0 radical (unpaired) electrons. The number of esters is 1. The molecule has 5 nitrogen and oxygen atoms in total. The zero-order valence-electron chi connectivity index (χ0n) is 13.6. The number of halogens is 3. The van der Waals surface area contributed by atoms with Gasteiger partial charge in [0, 0.05) is 6.54 Å². The van der Waals surface area contributed by atoms with Crippen LogP contribution in [0.2, 0.25) is 5.02 Å². The quantitative estimate of drug-likeness (QED) is 0.712. The van der Waals surface area contributed by atoms with Crippen LogP contribution >= 0.6 is 11.6 Å².